The molecule has 0 saturated heterocycles. The van der Waals surface area contributed by atoms with Crippen LogP contribution in [0.1, 0.15) is 42.9 Å². The molecular weight excluding hydrogens is 446 g/mol. The molecule has 0 aliphatic rings. The smallest absolute Gasteiger partial charge is 0.211 e. The predicted molar refractivity (Wildman–Crippen MR) is 122 cm³/mol. The van der Waals surface area contributed by atoms with Crippen molar-refractivity contribution >= 4 is 54.5 Å². The van der Waals surface area contributed by atoms with Gasteiger partial charge in [0.15, 0.2) is 0 Å². The molecule has 10 heteroatoms. The number of carbonyl (C=O) groups excluding carboxylic acids is 2. The van der Waals surface area contributed by atoms with Crippen LogP contribution in [-0.2, 0) is 9.59 Å². The first-order valence-electron chi connectivity index (χ1n) is 9.00. The molecule has 0 heterocycles. The molecule has 0 saturated carbocycles. The maximum Gasteiger partial charge on any atom is 0.211 e. The number of nitrogens with one attached hydrogen (secondary N) is 2. The van der Waals surface area contributed by atoms with Crippen molar-refractivity contribution in [2.75, 3.05) is 5.73 Å². The molecular formula is C21H23ClF2N4O2S. The number of halogens is 3. The number of carbonyl (C=O) groups is 2. The number of benzene rings is 2. The minimum absolute atomic E-state index is 0.111. The molecule has 1 unspecified atom stereocenters. The van der Waals surface area contributed by atoms with Crippen molar-refractivity contribution in [3.8, 4) is 0 Å². The van der Waals surface area contributed by atoms with E-state index >= 15 is 0 Å². The van der Waals surface area contributed by atoms with E-state index in [-0.39, 0.29) is 28.2 Å². The summed E-state index contributed by atoms with van der Waals surface area (Å²) in [6.45, 7) is 3.42. The minimum atomic E-state index is -0.635. The van der Waals surface area contributed by atoms with Gasteiger partial charge in [-0.2, -0.15) is 0 Å². The van der Waals surface area contributed by atoms with Crippen molar-refractivity contribution in [1.29, 1.82) is 5.41 Å². The molecule has 6 nitrogen and oxygen atoms in total. The zero-order valence-corrected chi connectivity index (χ0v) is 18.5. The lowest BCUT2D eigenvalue weighted by Gasteiger charge is -2.24. The van der Waals surface area contributed by atoms with Gasteiger partial charge in [-0.15, -0.1) is 12.6 Å². The average Bonchev–Trinajstić information content (AvgIpc) is 2.71. The van der Waals surface area contributed by atoms with Gasteiger partial charge >= 0.3 is 0 Å². The fourth-order valence-corrected chi connectivity index (χ4v) is 3.51. The second-order valence-corrected chi connectivity index (χ2v) is 7.22. The maximum atomic E-state index is 14.8. The van der Waals surface area contributed by atoms with Crippen molar-refractivity contribution in [3.63, 3.8) is 0 Å². The number of allylic oxidation sites excluding steroid dienone is 2. The molecule has 2 rings (SSSR count). The molecule has 6 N–H and O–H groups in total. The van der Waals surface area contributed by atoms with Crippen molar-refractivity contribution in [3.05, 3.63) is 63.3 Å². The Morgan fingerprint density at radius 3 is 2.39 bits per heavy atom. The summed E-state index contributed by atoms with van der Waals surface area (Å²) >= 11 is 10.2. The molecule has 2 amide bonds. The van der Waals surface area contributed by atoms with Crippen LogP contribution < -0.4 is 16.8 Å². The SMILES string of the molecule is CCC(/C(=C(/C)NC=O)c1cc(C=N)c(N)cc1F)c1cc(S)c(Cl)cc1F.NC=O. The van der Waals surface area contributed by atoms with Crippen molar-refractivity contribution in [1.82, 2.24) is 5.32 Å². The Morgan fingerprint density at radius 2 is 1.87 bits per heavy atom. The molecule has 1 atom stereocenters. The predicted octanol–water partition coefficient (Wildman–Crippen LogP) is 4.26. The number of hydrogen-bond donors (Lipinski definition) is 5. The Balaban J connectivity index is 0.00000151. The first-order valence-corrected chi connectivity index (χ1v) is 9.83. The number of hydrogen-bond acceptors (Lipinski definition) is 5. The highest BCUT2D eigenvalue weighted by molar-refractivity contribution is 7.80. The fourth-order valence-electron chi connectivity index (χ4n) is 3.15. The Bertz CT molecular complexity index is 1020. The molecule has 2 aromatic rings. The Labute approximate surface area is 189 Å². The van der Waals surface area contributed by atoms with E-state index in [1.807, 2.05) is 6.92 Å². The van der Waals surface area contributed by atoms with Crippen LogP contribution in [0.25, 0.3) is 5.57 Å². The van der Waals surface area contributed by atoms with E-state index in [0.717, 1.165) is 18.3 Å². The van der Waals surface area contributed by atoms with Crippen LogP contribution in [0.15, 0.2) is 34.9 Å². The third kappa shape index (κ3) is 6.28. The molecule has 0 radical (unpaired) electrons. The molecule has 166 valence electrons. The number of primary amides is 1. The minimum Gasteiger partial charge on any atom is -0.398 e. The van der Waals surface area contributed by atoms with Gasteiger partial charge in [0.05, 0.1) is 5.02 Å². The highest BCUT2D eigenvalue weighted by atomic mass is 35.5. The average molecular weight is 469 g/mol. The van der Waals surface area contributed by atoms with E-state index in [2.05, 4.69) is 23.7 Å². The summed E-state index contributed by atoms with van der Waals surface area (Å²) in [5.74, 6) is -1.80. The summed E-state index contributed by atoms with van der Waals surface area (Å²) < 4.78 is 29.6. The molecule has 31 heavy (non-hydrogen) atoms. The highest BCUT2D eigenvalue weighted by Gasteiger charge is 2.26. The van der Waals surface area contributed by atoms with Crippen LogP contribution in [-0.4, -0.2) is 19.0 Å². The number of thiol groups is 1. The zero-order valence-electron chi connectivity index (χ0n) is 16.9. The lowest BCUT2D eigenvalue weighted by atomic mass is 9.82. The van der Waals surface area contributed by atoms with Crippen LogP contribution >= 0.6 is 24.2 Å². The Kier molecular flexibility index (Phi) is 10.2. The zero-order chi connectivity index (χ0) is 23.7. The number of nitrogens with two attached hydrogens (primary N) is 2. The van der Waals surface area contributed by atoms with E-state index in [4.69, 9.17) is 27.5 Å². The maximum absolute atomic E-state index is 14.8. The van der Waals surface area contributed by atoms with Crippen molar-refractivity contribution < 1.29 is 18.4 Å². The van der Waals surface area contributed by atoms with E-state index in [0.29, 0.717) is 34.6 Å². The van der Waals surface area contributed by atoms with E-state index in [9.17, 15) is 13.6 Å². The van der Waals surface area contributed by atoms with Crippen LogP contribution in [0, 0.1) is 17.0 Å². The lowest BCUT2D eigenvalue weighted by molar-refractivity contribution is -0.109. The third-order valence-electron chi connectivity index (χ3n) is 4.50. The molecule has 0 bridgehead atoms. The molecule has 0 spiro atoms. The second kappa shape index (κ2) is 12.1. The topological polar surface area (TPSA) is 122 Å². The third-order valence-corrected chi connectivity index (χ3v) is 5.31. The Morgan fingerprint density at radius 1 is 1.26 bits per heavy atom. The summed E-state index contributed by atoms with van der Waals surface area (Å²) in [5.41, 5.74) is 11.5. The number of amides is 2. The van der Waals surface area contributed by atoms with Crippen LogP contribution in [0.2, 0.25) is 5.02 Å². The second-order valence-electron chi connectivity index (χ2n) is 6.33. The van der Waals surface area contributed by atoms with Gasteiger partial charge in [-0.1, -0.05) is 18.5 Å². The van der Waals surface area contributed by atoms with Crippen molar-refractivity contribution in [2.45, 2.75) is 31.1 Å². The van der Waals surface area contributed by atoms with Gasteiger partial charge in [0, 0.05) is 39.5 Å². The first kappa shape index (κ1) is 26.1. The van der Waals surface area contributed by atoms with Crippen molar-refractivity contribution in [2.24, 2.45) is 5.73 Å². The quantitative estimate of drug-likeness (QED) is 0.180. The van der Waals surface area contributed by atoms with Crippen LogP contribution in [0.3, 0.4) is 0 Å². The molecule has 0 aromatic heterocycles. The molecule has 0 aliphatic carbocycles. The molecule has 0 fully saturated rings. The standard InChI is InChI=1S/C20H20ClF2N3OS.CH3NO/c1-3-12(13-5-19(28)15(21)6-16(13)22)20(10(2)26-9-27)14-4-11(8-24)18(25)7-17(14)23;2-1-3/h4-9,12,24,28H,3,25H2,1-2H3,(H,26,27);1H,(H2,2,3)/b20-10+,24-8?;. The summed E-state index contributed by atoms with van der Waals surface area (Å²) in [4.78, 5) is 20.0. The summed E-state index contributed by atoms with van der Waals surface area (Å²) in [6.07, 6.45) is 2.13. The van der Waals surface area contributed by atoms with Gasteiger partial charge in [0.1, 0.15) is 11.6 Å². The Hall–Kier alpha value is -2.91. The number of anilines is 1. The van der Waals surface area contributed by atoms with Gasteiger partial charge in [0.2, 0.25) is 12.8 Å². The highest BCUT2D eigenvalue weighted by Crippen LogP contribution is 2.41. The van der Waals surface area contributed by atoms with Crippen LogP contribution in [0.5, 0.6) is 0 Å². The summed E-state index contributed by atoms with van der Waals surface area (Å²) in [5, 5.41) is 10.2. The first-order chi connectivity index (χ1) is 14.7. The van der Waals surface area contributed by atoms with E-state index < -0.39 is 17.6 Å². The molecule has 0 aliphatic heterocycles. The lowest BCUT2D eigenvalue weighted by Crippen LogP contribution is -2.16. The summed E-state index contributed by atoms with van der Waals surface area (Å²) in [7, 11) is 0. The summed E-state index contributed by atoms with van der Waals surface area (Å²) in [6, 6.07) is 5.18. The molecule has 2 aromatic carbocycles. The van der Waals surface area contributed by atoms with Gasteiger partial charge in [-0.05, 0) is 48.7 Å². The monoisotopic (exact) mass is 468 g/mol. The largest absolute Gasteiger partial charge is 0.398 e. The van der Waals surface area contributed by atoms with E-state index in [1.165, 1.54) is 12.1 Å². The normalized spacial score (nSPS) is 12.1. The van der Waals surface area contributed by atoms with Gasteiger partial charge in [-0.3, -0.25) is 9.59 Å². The number of rotatable bonds is 7. The fraction of sp³-hybridized carbons (Fsp3) is 0.190. The van der Waals surface area contributed by atoms with E-state index in [1.54, 1.807) is 6.92 Å². The number of nitrogen functional groups attached to an aromatic ring is 1. The van der Waals surface area contributed by atoms with Gasteiger partial charge in [-0.25, -0.2) is 8.78 Å². The van der Waals surface area contributed by atoms with Crippen LogP contribution in [0.4, 0.5) is 14.5 Å². The van der Waals surface area contributed by atoms with Gasteiger partial charge in [0.25, 0.3) is 0 Å². The van der Waals surface area contributed by atoms with Gasteiger partial charge < -0.3 is 22.2 Å².